The Morgan fingerprint density at radius 1 is 1.35 bits per heavy atom. The average molecular weight is 315 g/mol. The van der Waals surface area contributed by atoms with Gasteiger partial charge in [0.25, 0.3) is 5.91 Å². The summed E-state index contributed by atoms with van der Waals surface area (Å²) in [5, 5.41) is 10.1. The Hall–Kier alpha value is -2.27. The van der Waals surface area contributed by atoms with E-state index in [4.69, 9.17) is 9.15 Å². The van der Waals surface area contributed by atoms with Crippen molar-refractivity contribution in [2.24, 2.45) is 0 Å². The molecule has 1 aliphatic heterocycles. The number of aliphatic hydroxyl groups excluding tert-OH is 1. The molecule has 1 fully saturated rings. The van der Waals surface area contributed by atoms with Gasteiger partial charge in [0.1, 0.15) is 11.5 Å². The first kappa shape index (κ1) is 15.6. The number of aryl methyl sites for hydroxylation is 2. The van der Waals surface area contributed by atoms with E-state index in [1.807, 2.05) is 44.2 Å². The number of nitrogens with zero attached hydrogens (tertiary/aromatic N) is 1. The number of benzene rings is 1. The van der Waals surface area contributed by atoms with Crippen LogP contribution >= 0.6 is 0 Å². The number of furan rings is 1. The van der Waals surface area contributed by atoms with Crippen molar-refractivity contribution in [2.45, 2.75) is 32.4 Å². The fourth-order valence-corrected chi connectivity index (χ4v) is 3.19. The van der Waals surface area contributed by atoms with Gasteiger partial charge in [0.2, 0.25) is 0 Å². The van der Waals surface area contributed by atoms with Gasteiger partial charge in [-0.3, -0.25) is 4.79 Å². The van der Waals surface area contributed by atoms with E-state index in [2.05, 4.69) is 0 Å². The molecule has 0 saturated carbocycles. The maximum atomic E-state index is 12.9. The van der Waals surface area contributed by atoms with Gasteiger partial charge >= 0.3 is 0 Å². The Bertz CT molecular complexity index is 722. The van der Waals surface area contributed by atoms with Crippen molar-refractivity contribution in [1.82, 2.24) is 4.90 Å². The van der Waals surface area contributed by atoms with E-state index in [1.54, 1.807) is 12.0 Å². The largest absolute Gasteiger partial charge is 0.497 e. The van der Waals surface area contributed by atoms with Crippen molar-refractivity contribution in [3.63, 3.8) is 0 Å². The van der Waals surface area contributed by atoms with Crippen molar-refractivity contribution in [1.29, 1.82) is 0 Å². The first-order valence-corrected chi connectivity index (χ1v) is 7.69. The summed E-state index contributed by atoms with van der Waals surface area (Å²) in [5.74, 6) is 1.62. The molecule has 1 saturated heterocycles. The van der Waals surface area contributed by atoms with Crippen LogP contribution in [0.15, 0.2) is 34.7 Å². The molecule has 3 rings (SSSR count). The molecule has 2 aromatic rings. The zero-order valence-corrected chi connectivity index (χ0v) is 13.6. The minimum atomic E-state index is -0.536. The van der Waals surface area contributed by atoms with Gasteiger partial charge in [0.05, 0.1) is 19.3 Å². The van der Waals surface area contributed by atoms with E-state index in [-0.39, 0.29) is 11.9 Å². The number of aliphatic hydroxyl groups is 1. The molecule has 1 aromatic carbocycles. The fourth-order valence-electron chi connectivity index (χ4n) is 3.19. The smallest absolute Gasteiger partial charge is 0.290 e. The molecule has 5 nitrogen and oxygen atoms in total. The number of rotatable bonds is 3. The first-order chi connectivity index (χ1) is 11.0. The zero-order chi connectivity index (χ0) is 16.6. The molecule has 122 valence electrons. The molecule has 2 heterocycles. The maximum absolute atomic E-state index is 12.9. The summed E-state index contributed by atoms with van der Waals surface area (Å²) in [6.45, 7) is 3.98. The second kappa shape index (κ2) is 6.08. The molecule has 1 amide bonds. The number of amides is 1. The highest BCUT2D eigenvalue weighted by molar-refractivity contribution is 5.93. The SMILES string of the molecule is COc1cccc([C@H]2C[C@H](O)CN2C(=O)c2oc(C)cc2C)c1. The number of carbonyl (C=O) groups excluding carboxylic acids is 1. The Balaban J connectivity index is 1.93. The van der Waals surface area contributed by atoms with Crippen LogP contribution in [0.25, 0.3) is 0 Å². The molecule has 5 heteroatoms. The zero-order valence-electron chi connectivity index (χ0n) is 13.6. The van der Waals surface area contributed by atoms with Crippen LogP contribution in [0.3, 0.4) is 0 Å². The van der Waals surface area contributed by atoms with E-state index in [0.29, 0.717) is 24.5 Å². The van der Waals surface area contributed by atoms with Gasteiger partial charge in [-0.05, 0) is 44.0 Å². The first-order valence-electron chi connectivity index (χ1n) is 7.69. The minimum absolute atomic E-state index is 0.181. The van der Waals surface area contributed by atoms with Crippen molar-refractivity contribution >= 4 is 5.91 Å². The Kier molecular flexibility index (Phi) is 4.13. The predicted octanol–water partition coefficient (Wildman–Crippen LogP) is 2.85. The normalized spacial score (nSPS) is 20.8. The molecule has 0 unspecified atom stereocenters. The number of hydrogen-bond acceptors (Lipinski definition) is 4. The molecule has 0 bridgehead atoms. The summed E-state index contributed by atoms with van der Waals surface area (Å²) in [5.41, 5.74) is 1.77. The Morgan fingerprint density at radius 3 is 2.78 bits per heavy atom. The lowest BCUT2D eigenvalue weighted by Gasteiger charge is -2.24. The highest BCUT2D eigenvalue weighted by Gasteiger charge is 2.37. The van der Waals surface area contributed by atoms with Crippen LogP contribution in [0.2, 0.25) is 0 Å². The lowest BCUT2D eigenvalue weighted by molar-refractivity contribution is 0.0681. The molecule has 2 atom stereocenters. The summed E-state index contributed by atoms with van der Waals surface area (Å²) in [4.78, 5) is 14.5. The number of hydrogen-bond donors (Lipinski definition) is 1. The average Bonchev–Trinajstić information content (AvgIpc) is 3.09. The van der Waals surface area contributed by atoms with Gasteiger partial charge in [0.15, 0.2) is 5.76 Å². The molecular weight excluding hydrogens is 294 g/mol. The van der Waals surface area contributed by atoms with Crippen LogP contribution in [0.5, 0.6) is 5.75 Å². The van der Waals surface area contributed by atoms with Crippen LogP contribution in [-0.2, 0) is 0 Å². The maximum Gasteiger partial charge on any atom is 0.290 e. The molecule has 0 spiro atoms. The van der Waals surface area contributed by atoms with Gasteiger partial charge in [-0.2, -0.15) is 0 Å². The fraction of sp³-hybridized carbons (Fsp3) is 0.389. The summed E-state index contributed by atoms with van der Waals surface area (Å²) in [6.07, 6.45) is -0.0241. The van der Waals surface area contributed by atoms with Crippen LogP contribution in [0.4, 0.5) is 0 Å². The molecule has 0 aliphatic carbocycles. The molecule has 1 aromatic heterocycles. The van der Waals surface area contributed by atoms with Crippen molar-refractivity contribution in [2.75, 3.05) is 13.7 Å². The second-order valence-electron chi connectivity index (χ2n) is 6.01. The van der Waals surface area contributed by atoms with E-state index in [9.17, 15) is 9.90 Å². The summed E-state index contributed by atoms with van der Waals surface area (Å²) >= 11 is 0. The molecular formula is C18H21NO4. The number of β-amino-alcohol motifs (C(OH)–C–C–N with tert-alkyl or cyclic N) is 1. The molecule has 1 N–H and O–H groups in total. The van der Waals surface area contributed by atoms with Crippen molar-refractivity contribution in [3.05, 3.63) is 53.0 Å². The third kappa shape index (κ3) is 2.97. The van der Waals surface area contributed by atoms with Gasteiger partial charge in [-0.25, -0.2) is 0 Å². The number of carbonyl (C=O) groups is 1. The Morgan fingerprint density at radius 2 is 2.13 bits per heavy atom. The van der Waals surface area contributed by atoms with E-state index in [0.717, 1.165) is 16.9 Å². The summed E-state index contributed by atoms with van der Waals surface area (Å²) < 4.78 is 10.8. The van der Waals surface area contributed by atoms with Crippen molar-refractivity contribution < 1.29 is 19.1 Å². The summed E-state index contributed by atoms with van der Waals surface area (Å²) in [7, 11) is 1.61. The number of likely N-dealkylation sites (tertiary alicyclic amines) is 1. The lowest BCUT2D eigenvalue weighted by Crippen LogP contribution is -2.32. The lowest BCUT2D eigenvalue weighted by atomic mass is 10.0. The van der Waals surface area contributed by atoms with Crippen LogP contribution in [-0.4, -0.2) is 35.7 Å². The molecule has 23 heavy (non-hydrogen) atoms. The molecule has 0 radical (unpaired) electrons. The van der Waals surface area contributed by atoms with Crippen molar-refractivity contribution in [3.8, 4) is 5.75 Å². The predicted molar refractivity (Wildman–Crippen MR) is 85.6 cm³/mol. The summed E-state index contributed by atoms with van der Waals surface area (Å²) in [6, 6.07) is 9.28. The van der Waals surface area contributed by atoms with E-state index >= 15 is 0 Å². The Labute approximate surface area is 135 Å². The van der Waals surface area contributed by atoms with Crippen LogP contribution in [0.1, 0.15) is 39.9 Å². The van der Waals surface area contributed by atoms with Gasteiger partial charge in [-0.15, -0.1) is 0 Å². The monoisotopic (exact) mass is 315 g/mol. The van der Waals surface area contributed by atoms with Gasteiger partial charge in [0, 0.05) is 12.1 Å². The quantitative estimate of drug-likeness (QED) is 0.946. The standard InChI is InChI=1S/C18H21NO4/c1-11-7-12(2)23-17(11)18(21)19-10-14(20)9-16(19)13-5-4-6-15(8-13)22-3/h4-8,14,16,20H,9-10H2,1-3H3/t14-,16+/m0/s1. The third-order valence-electron chi connectivity index (χ3n) is 4.25. The molecule has 1 aliphatic rings. The number of methoxy groups -OCH3 is 1. The number of ether oxygens (including phenoxy) is 1. The van der Waals surface area contributed by atoms with E-state index in [1.165, 1.54) is 0 Å². The highest BCUT2D eigenvalue weighted by Crippen LogP contribution is 2.35. The third-order valence-corrected chi connectivity index (χ3v) is 4.25. The second-order valence-corrected chi connectivity index (χ2v) is 6.01. The minimum Gasteiger partial charge on any atom is -0.497 e. The van der Waals surface area contributed by atoms with Crippen LogP contribution < -0.4 is 4.74 Å². The van der Waals surface area contributed by atoms with Gasteiger partial charge < -0.3 is 19.2 Å². The van der Waals surface area contributed by atoms with Crippen LogP contribution in [0, 0.1) is 13.8 Å². The highest BCUT2D eigenvalue weighted by atomic mass is 16.5. The topological polar surface area (TPSA) is 62.9 Å². The van der Waals surface area contributed by atoms with E-state index < -0.39 is 6.10 Å². The van der Waals surface area contributed by atoms with Gasteiger partial charge in [-0.1, -0.05) is 12.1 Å².